The normalized spacial score (nSPS) is 10.7. The van der Waals surface area contributed by atoms with Crippen LogP contribution in [0.3, 0.4) is 0 Å². The number of hydrogen-bond donors (Lipinski definition) is 2. The molecule has 0 saturated carbocycles. The Labute approximate surface area is 155 Å². The fourth-order valence-corrected chi connectivity index (χ4v) is 3.04. The van der Waals surface area contributed by atoms with Gasteiger partial charge in [0.15, 0.2) is 11.6 Å². The first-order valence-corrected chi connectivity index (χ1v) is 8.25. The fourth-order valence-electron chi connectivity index (χ4n) is 3.04. The first kappa shape index (κ1) is 16.6. The smallest absolute Gasteiger partial charge is 0.165 e. The number of halogens is 1. The number of aromatic nitrogens is 1. The average molecular weight is 355 g/mol. The molecular formula is C23H14FNO2. The molecular weight excluding hydrogens is 341 g/mol. The lowest BCUT2D eigenvalue weighted by molar-refractivity contribution is 0.432. The summed E-state index contributed by atoms with van der Waals surface area (Å²) in [5.74, 6) is 1.71. The van der Waals surface area contributed by atoms with E-state index in [9.17, 15) is 14.6 Å². The van der Waals surface area contributed by atoms with Crippen LogP contribution in [-0.4, -0.2) is 15.2 Å². The lowest BCUT2D eigenvalue weighted by Crippen LogP contribution is -1.91. The van der Waals surface area contributed by atoms with Crippen LogP contribution in [0.2, 0.25) is 0 Å². The van der Waals surface area contributed by atoms with E-state index >= 15 is 0 Å². The minimum absolute atomic E-state index is 0.184. The van der Waals surface area contributed by atoms with E-state index < -0.39 is 11.6 Å². The van der Waals surface area contributed by atoms with Crippen LogP contribution in [0.25, 0.3) is 33.3 Å². The van der Waals surface area contributed by atoms with Gasteiger partial charge in [0.05, 0.1) is 11.2 Å². The highest BCUT2D eigenvalue weighted by molar-refractivity contribution is 5.92. The van der Waals surface area contributed by atoms with Gasteiger partial charge in [-0.15, -0.1) is 6.42 Å². The second kappa shape index (κ2) is 6.47. The molecule has 130 valence electrons. The van der Waals surface area contributed by atoms with Crippen LogP contribution in [0.4, 0.5) is 4.39 Å². The van der Waals surface area contributed by atoms with E-state index in [1.165, 1.54) is 12.1 Å². The molecule has 27 heavy (non-hydrogen) atoms. The average Bonchev–Trinajstić information content (AvgIpc) is 2.69. The number of terminal acetylenes is 1. The quantitative estimate of drug-likeness (QED) is 0.492. The van der Waals surface area contributed by atoms with Crippen LogP contribution in [0.5, 0.6) is 11.5 Å². The Morgan fingerprint density at radius 2 is 1.63 bits per heavy atom. The molecule has 3 aromatic carbocycles. The van der Waals surface area contributed by atoms with E-state index in [1.807, 2.05) is 30.3 Å². The molecule has 0 saturated heterocycles. The molecule has 0 unspecified atom stereocenters. The van der Waals surface area contributed by atoms with E-state index in [-0.39, 0.29) is 5.75 Å². The molecule has 1 heterocycles. The number of phenols is 2. The minimum Gasteiger partial charge on any atom is -0.507 e. The van der Waals surface area contributed by atoms with Crippen molar-refractivity contribution in [3.63, 3.8) is 0 Å². The maximum Gasteiger partial charge on any atom is 0.165 e. The van der Waals surface area contributed by atoms with Crippen molar-refractivity contribution in [2.24, 2.45) is 0 Å². The molecule has 0 aliphatic carbocycles. The van der Waals surface area contributed by atoms with E-state index in [0.717, 1.165) is 10.9 Å². The number of nitrogens with zero attached hydrogens (tertiary/aromatic N) is 1. The number of aromatic hydroxyl groups is 2. The van der Waals surface area contributed by atoms with Gasteiger partial charge in [-0.1, -0.05) is 30.2 Å². The first-order valence-electron chi connectivity index (χ1n) is 8.25. The topological polar surface area (TPSA) is 53.4 Å². The number of fused-ring (bicyclic) bond motifs is 1. The summed E-state index contributed by atoms with van der Waals surface area (Å²) in [5.41, 5.74) is 3.83. The van der Waals surface area contributed by atoms with Gasteiger partial charge in [0.2, 0.25) is 0 Å². The zero-order chi connectivity index (χ0) is 19.0. The predicted molar refractivity (Wildman–Crippen MR) is 104 cm³/mol. The van der Waals surface area contributed by atoms with Crippen LogP contribution >= 0.6 is 0 Å². The Morgan fingerprint density at radius 3 is 2.37 bits per heavy atom. The molecule has 0 fully saturated rings. The van der Waals surface area contributed by atoms with E-state index in [4.69, 9.17) is 6.42 Å². The molecule has 0 amide bonds. The predicted octanol–water partition coefficient (Wildman–Crippen LogP) is 5.10. The number of para-hydroxylation sites is 1. The Hall–Kier alpha value is -3.84. The maximum absolute atomic E-state index is 13.7. The highest BCUT2D eigenvalue weighted by atomic mass is 19.1. The van der Waals surface area contributed by atoms with Crippen molar-refractivity contribution >= 4 is 10.9 Å². The standard InChI is InChI=1S/C23H14FNO2/c1-2-14-13-21(16-8-10-23(27)19(24)12-16)25-20-9-7-15(11-18(14)20)17-5-3-4-6-22(17)26/h1,3-13,26-27H. The van der Waals surface area contributed by atoms with E-state index in [2.05, 4.69) is 10.9 Å². The largest absolute Gasteiger partial charge is 0.507 e. The molecule has 0 bridgehead atoms. The second-order valence-corrected chi connectivity index (χ2v) is 6.11. The minimum atomic E-state index is -0.716. The molecule has 0 aliphatic rings. The molecule has 0 aliphatic heterocycles. The van der Waals surface area contributed by atoms with Crippen molar-refractivity contribution in [1.29, 1.82) is 0 Å². The lowest BCUT2D eigenvalue weighted by atomic mass is 9.99. The number of benzene rings is 3. The van der Waals surface area contributed by atoms with Crippen molar-refractivity contribution in [2.75, 3.05) is 0 Å². The van der Waals surface area contributed by atoms with Gasteiger partial charge < -0.3 is 10.2 Å². The lowest BCUT2D eigenvalue weighted by Gasteiger charge is -2.10. The fraction of sp³-hybridized carbons (Fsp3) is 0. The number of hydrogen-bond acceptors (Lipinski definition) is 3. The van der Waals surface area contributed by atoms with Gasteiger partial charge in [-0.25, -0.2) is 9.37 Å². The van der Waals surface area contributed by atoms with Gasteiger partial charge >= 0.3 is 0 Å². The Morgan fingerprint density at radius 1 is 0.852 bits per heavy atom. The summed E-state index contributed by atoms with van der Waals surface area (Å²) in [6.07, 6.45) is 5.69. The summed E-state index contributed by atoms with van der Waals surface area (Å²) in [6.45, 7) is 0. The molecule has 4 heteroatoms. The van der Waals surface area contributed by atoms with Crippen molar-refractivity contribution < 1.29 is 14.6 Å². The SMILES string of the molecule is C#Cc1cc(-c2ccc(O)c(F)c2)nc2ccc(-c3ccccc3O)cc12. The summed E-state index contributed by atoms with van der Waals surface area (Å²) in [5, 5.41) is 20.2. The first-order chi connectivity index (χ1) is 13.1. The number of pyridine rings is 1. The van der Waals surface area contributed by atoms with Gasteiger partial charge in [-0.2, -0.15) is 0 Å². The molecule has 4 aromatic rings. The molecule has 2 N–H and O–H groups in total. The molecule has 4 rings (SSSR count). The van der Waals surface area contributed by atoms with Crippen LogP contribution in [0.1, 0.15) is 5.56 Å². The van der Waals surface area contributed by atoms with Crippen molar-refractivity contribution in [2.45, 2.75) is 0 Å². The van der Waals surface area contributed by atoms with Crippen molar-refractivity contribution in [3.8, 4) is 46.2 Å². The van der Waals surface area contributed by atoms with E-state index in [1.54, 1.807) is 24.3 Å². The third-order valence-corrected chi connectivity index (χ3v) is 4.42. The zero-order valence-electron chi connectivity index (χ0n) is 14.1. The van der Waals surface area contributed by atoms with Gasteiger partial charge in [0.25, 0.3) is 0 Å². The Bertz CT molecular complexity index is 1220. The molecule has 0 spiro atoms. The summed E-state index contributed by atoms with van der Waals surface area (Å²) in [6, 6.07) is 18.4. The number of phenolic OH excluding ortho intramolecular Hbond substituents is 2. The number of rotatable bonds is 2. The highest BCUT2D eigenvalue weighted by Crippen LogP contribution is 2.33. The molecule has 3 nitrogen and oxygen atoms in total. The van der Waals surface area contributed by atoms with Crippen LogP contribution in [0, 0.1) is 18.2 Å². The highest BCUT2D eigenvalue weighted by Gasteiger charge is 2.11. The van der Waals surface area contributed by atoms with E-state index in [0.29, 0.717) is 27.9 Å². The maximum atomic E-state index is 13.7. The second-order valence-electron chi connectivity index (χ2n) is 6.11. The molecule has 1 aromatic heterocycles. The monoisotopic (exact) mass is 355 g/mol. The van der Waals surface area contributed by atoms with Crippen LogP contribution in [-0.2, 0) is 0 Å². The summed E-state index contributed by atoms with van der Waals surface area (Å²) in [7, 11) is 0. The summed E-state index contributed by atoms with van der Waals surface area (Å²) in [4.78, 5) is 4.58. The molecule has 0 atom stereocenters. The summed E-state index contributed by atoms with van der Waals surface area (Å²) >= 11 is 0. The van der Waals surface area contributed by atoms with Crippen LogP contribution < -0.4 is 0 Å². The molecule has 0 radical (unpaired) electrons. The Kier molecular flexibility index (Phi) is 3.98. The van der Waals surface area contributed by atoms with Crippen molar-refractivity contribution in [3.05, 3.63) is 78.1 Å². The van der Waals surface area contributed by atoms with Crippen molar-refractivity contribution in [1.82, 2.24) is 4.98 Å². The van der Waals surface area contributed by atoms with Gasteiger partial charge in [0.1, 0.15) is 5.75 Å². The van der Waals surface area contributed by atoms with Crippen LogP contribution in [0.15, 0.2) is 66.7 Å². The van der Waals surface area contributed by atoms with Gasteiger partial charge in [0, 0.05) is 22.1 Å². The summed E-state index contributed by atoms with van der Waals surface area (Å²) < 4.78 is 13.7. The van der Waals surface area contributed by atoms with Gasteiger partial charge in [-0.05, 0) is 48.0 Å². The third kappa shape index (κ3) is 2.96. The zero-order valence-corrected chi connectivity index (χ0v) is 14.1. The third-order valence-electron chi connectivity index (χ3n) is 4.42. The van der Waals surface area contributed by atoms with Gasteiger partial charge in [-0.3, -0.25) is 0 Å². The Balaban J connectivity index is 1.90.